The van der Waals surface area contributed by atoms with E-state index in [-0.39, 0.29) is 11.9 Å². The molecule has 3 N–H and O–H groups in total. The number of para-hydroxylation sites is 1. The van der Waals surface area contributed by atoms with E-state index in [9.17, 15) is 4.79 Å². The molecule has 2 aromatic rings. The summed E-state index contributed by atoms with van der Waals surface area (Å²) < 4.78 is 5.74. The fraction of sp³-hybridized carbons (Fsp3) is 0.278. The third-order valence-corrected chi connectivity index (χ3v) is 3.91. The van der Waals surface area contributed by atoms with Gasteiger partial charge in [0, 0.05) is 5.69 Å². The lowest BCUT2D eigenvalue weighted by atomic mass is 9.97. The molecule has 2 aromatic carbocycles. The molecule has 1 atom stereocenters. The second-order valence-electron chi connectivity index (χ2n) is 5.53. The van der Waals surface area contributed by atoms with E-state index >= 15 is 0 Å². The predicted molar refractivity (Wildman–Crippen MR) is 87.0 cm³/mol. The van der Waals surface area contributed by atoms with E-state index in [1.165, 1.54) is 5.56 Å². The molecular weight excluding hydrogens is 276 g/mol. The monoisotopic (exact) mass is 296 g/mol. The van der Waals surface area contributed by atoms with Crippen LogP contribution >= 0.6 is 0 Å². The predicted octanol–water partition coefficient (Wildman–Crippen LogP) is 2.82. The highest BCUT2D eigenvalue weighted by atomic mass is 16.5. The number of anilines is 1. The van der Waals surface area contributed by atoms with Gasteiger partial charge in [-0.1, -0.05) is 37.3 Å². The summed E-state index contributed by atoms with van der Waals surface area (Å²) in [6, 6.07) is 13.5. The molecule has 1 aliphatic heterocycles. The van der Waals surface area contributed by atoms with Crippen molar-refractivity contribution in [1.82, 2.24) is 0 Å². The molecule has 0 aromatic heterocycles. The fourth-order valence-electron chi connectivity index (χ4n) is 2.73. The first-order valence-corrected chi connectivity index (χ1v) is 7.56. The lowest BCUT2D eigenvalue weighted by Gasteiger charge is -2.18. The Kier molecular flexibility index (Phi) is 4.11. The van der Waals surface area contributed by atoms with Crippen molar-refractivity contribution in [2.45, 2.75) is 25.8 Å². The summed E-state index contributed by atoms with van der Waals surface area (Å²) >= 11 is 0. The minimum Gasteiger partial charge on any atom is -0.492 e. The van der Waals surface area contributed by atoms with Gasteiger partial charge in [-0.3, -0.25) is 4.79 Å². The molecule has 0 saturated heterocycles. The zero-order valence-electron chi connectivity index (χ0n) is 12.6. The number of amides is 1. The fourth-order valence-corrected chi connectivity index (χ4v) is 2.73. The van der Waals surface area contributed by atoms with Gasteiger partial charge < -0.3 is 15.8 Å². The highest BCUT2D eigenvalue weighted by Crippen LogP contribution is 2.32. The zero-order chi connectivity index (χ0) is 15.5. The van der Waals surface area contributed by atoms with Crippen molar-refractivity contribution in [3.05, 3.63) is 59.2 Å². The van der Waals surface area contributed by atoms with Gasteiger partial charge in [0.2, 0.25) is 5.91 Å². The number of fused-ring (bicyclic) bond motifs is 1. The van der Waals surface area contributed by atoms with Crippen molar-refractivity contribution < 1.29 is 9.53 Å². The molecule has 4 heteroatoms. The lowest BCUT2D eigenvalue weighted by Crippen LogP contribution is -2.20. The van der Waals surface area contributed by atoms with E-state index in [2.05, 4.69) is 24.4 Å². The Morgan fingerprint density at radius 2 is 2.05 bits per heavy atom. The average molecular weight is 296 g/mol. The Balaban J connectivity index is 1.81. The highest BCUT2D eigenvalue weighted by Gasteiger charge is 2.24. The molecule has 0 spiro atoms. The maximum atomic E-state index is 11.7. The van der Waals surface area contributed by atoms with Crippen molar-refractivity contribution in [1.29, 1.82) is 0 Å². The molecule has 3 rings (SSSR count). The number of nitrogens with two attached hydrogens (primary N) is 1. The quantitative estimate of drug-likeness (QED) is 0.891. The van der Waals surface area contributed by atoms with Gasteiger partial charge in [0.15, 0.2) is 0 Å². The standard InChI is InChI=1S/C18H20N2O2/c1-2-12-8-13-10-17(21)20-18(13)15(9-12)16(19)11-22-14-6-4-3-5-7-14/h3-9,16H,2,10-11,19H2,1H3,(H,20,21). The van der Waals surface area contributed by atoms with Crippen LogP contribution in [0, 0.1) is 0 Å². The van der Waals surface area contributed by atoms with E-state index in [1.807, 2.05) is 30.3 Å². The van der Waals surface area contributed by atoms with Crippen LogP contribution in [0.1, 0.15) is 29.7 Å². The first kappa shape index (κ1) is 14.6. The Labute approximate surface area is 130 Å². The molecule has 4 nitrogen and oxygen atoms in total. The average Bonchev–Trinajstić information content (AvgIpc) is 2.92. The van der Waals surface area contributed by atoms with Crippen LogP contribution in [0.4, 0.5) is 5.69 Å². The summed E-state index contributed by atoms with van der Waals surface area (Å²) in [6.45, 7) is 2.47. The van der Waals surface area contributed by atoms with Gasteiger partial charge in [0.05, 0.1) is 12.5 Å². The van der Waals surface area contributed by atoms with Crippen molar-refractivity contribution in [3.8, 4) is 5.75 Å². The zero-order valence-corrected chi connectivity index (χ0v) is 12.6. The summed E-state index contributed by atoms with van der Waals surface area (Å²) in [5.41, 5.74) is 10.4. The van der Waals surface area contributed by atoms with Gasteiger partial charge in [0.25, 0.3) is 0 Å². The molecule has 1 heterocycles. The summed E-state index contributed by atoms with van der Waals surface area (Å²) in [4.78, 5) is 11.7. The number of rotatable bonds is 5. The molecule has 0 fully saturated rings. The first-order valence-electron chi connectivity index (χ1n) is 7.56. The van der Waals surface area contributed by atoms with E-state index in [0.29, 0.717) is 13.0 Å². The summed E-state index contributed by atoms with van der Waals surface area (Å²) in [7, 11) is 0. The minimum atomic E-state index is -0.279. The number of hydrogen-bond donors (Lipinski definition) is 2. The Hall–Kier alpha value is -2.33. The van der Waals surface area contributed by atoms with E-state index in [0.717, 1.165) is 29.0 Å². The Bertz CT molecular complexity index is 683. The van der Waals surface area contributed by atoms with Crippen LogP contribution in [0.5, 0.6) is 5.75 Å². The number of aryl methyl sites for hydroxylation is 1. The largest absolute Gasteiger partial charge is 0.492 e. The van der Waals surface area contributed by atoms with Gasteiger partial charge in [-0.15, -0.1) is 0 Å². The van der Waals surface area contributed by atoms with Crippen LogP contribution in [0.3, 0.4) is 0 Å². The van der Waals surface area contributed by atoms with E-state index < -0.39 is 0 Å². The van der Waals surface area contributed by atoms with Crippen molar-refractivity contribution in [3.63, 3.8) is 0 Å². The number of carbonyl (C=O) groups is 1. The molecule has 0 aliphatic carbocycles. The molecule has 0 bridgehead atoms. The van der Waals surface area contributed by atoms with Crippen LogP contribution in [-0.2, 0) is 17.6 Å². The van der Waals surface area contributed by atoms with Gasteiger partial charge in [-0.2, -0.15) is 0 Å². The topological polar surface area (TPSA) is 64.3 Å². The van der Waals surface area contributed by atoms with Crippen molar-refractivity contribution in [2.75, 3.05) is 11.9 Å². The summed E-state index contributed by atoms with van der Waals surface area (Å²) in [5.74, 6) is 0.825. The Morgan fingerprint density at radius 3 is 2.77 bits per heavy atom. The molecule has 1 amide bonds. The molecule has 22 heavy (non-hydrogen) atoms. The SMILES string of the molecule is CCc1cc2c(c(C(N)COc3ccccc3)c1)NC(=O)C2. The number of ether oxygens (including phenoxy) is 1. The van der Waals surface area contributed by atoms with Crippen molar-refractivity contribution in [2.24, 2.45) is 5.73 Å². The highest BCUT2D eigenvalue weighted by molar-refractivity contribution is 6.00. The molecule has 114 valence electrons. The van der Waals surface area contributed by atoms with Crippen LogP contribution in [0.2, 0.25) is 0 Å². The van der Waals surface area contributed by atoms with Gasteiger partial charge in [0.1, 0.15) is 12.4 Å². The number of benzene rings is 2. The van der Waals surface area contributed by atoms with Crippen LogP contribution < -0.4 is 15.8 Å². The number of hydrogen-bond acceptors (Lipinski definition) is 3. The van der Waals surface area contributed by atoms with E-state index in [4.69, 9.17) is 10.5 Å². The van der Waals surface area contributed by atoms with Crippen LogP contribution in [-0.4, -0.2) is 12.5 Å². The summed E-state index contributed by atoms with van der Waals surface area (Å²) in [5, 5.41) is 2.92. The summed E-state index contributed by atoms with van der Waals surface area (Å²) in [6.07, 6.45) is 1.35. The second kappa shape index (κ2) is 6.20. The van der Waals surface area contributed by atoms with E-state index in [1.54, 1.807) is 0 Å². The van der Waals surface area contributed by atoms with Crippen LogP contribution in [0.15, 0.2) is 42.5 Å². The normalized spacial score (nSPS) is 14.4. The van der Waals surface area contributed by atoms with Gasteiger partial charge in [-0.25, -0.2) is 0 Å². The van der Waals surface area contributed by atoms with Crippen molar-refractivity contribution >= 4 is 11.6 Å². The van der Waals surface area contributed by atoms with Crippen LogP contribution in [0.25, 0.3) is 0 Å². The first-order chi connectivity index (χ1) is 10.7. The third-order valence-electron chi connectivity index (χ3n) is 3.91. The smallest absolute Gasteiger partial charge is 0.228 e. The molecule has 0 saturated carbocycles. The number of carbonyl (C=O) groups excluding carboxylic acids is 1. The molecule has 1 aliphatic rings. The molecular formula is C18H20N2O2. The Morgan fingerprint density at radius 1 is 1.27 bits per heavy atom. The van der Waals surface area contributed by atoms with Gasteiger partial charge in [-0.05, 0) is 35.2 Å². The second-order valence-corrected chi connectivity index (χ2v) is 5.53. The maximum Gasteiger partial charge on any atom is 0.228 e. The molecule has 0 radical (unpaired) electrons. The molecule has 1 unspecified atom stereocenters. The number of nitrogens with one attached hydrogen (secondary N) is 1. The third kappa shape index (κ3) is 2.97. The van der Waals surface area contributed by atoms with Gasteiger partial charge >= 0.3 is 0 Å². The maximum absolute atomic E-state index is 11.7. The minimum absolute atomic E-state index is 0.0284. The lowest BCUT2D eigenvalue weighted by molar-refractivity contribution is -0.115.